The van der Waals surface area contributed by atoms with Crippen LogP contribution in [-0.2, 0) is 19.9 Å². The maximum atomic E-state index is 12.3. The number of hydrogen-bond donors (Lipinski definition) is 1. The molecule has 0 atom stereocenters. The molecule has 0 aliphatic heterocycles. The first-order chi connectivity index (χ1) is 8.93. The van der Waals surface area contributed by atoms with E-state index in [1.165, 1.54) is 12.1 Å². The molecule has 0 fully saturated rings. The number of hydrogen-bond acceptors (Lipinski definition) is 5. The van der Waals surface area contributed by atoms with E-state index in [9.17, 15) is 30.0 Å². The molecule has 1 aromatic rings. The van der Waals surface area contributed by atoms with E-state index in [-0.39, 0.29) is 11.5 Å². The van der Waals surface area contributed by atoms with Crippen LogP contribution in [0.5, 0.6) is 0 Å². The van der Waals surface area contributed by atoms with Gasteiger partial charge in [0, 0.05) is 10.6 Å². The minimum atomic E-state index is -5.36. The molecular weight excluding hydrogens is 339 g/mol. The topological polar surface area (TPSA) is 94.3 Å². The number of sulfonamides is 1. The van der Waals surface area contributed by atoms with Crippen LogP contribution in [0.1, 0.15) is 0 Å². The molecule has 0 saturated carbocycles. The minimum Gasteiger partial charge on any atom is -0.229 e. The molecular formula is C9H10F3NO4S3. The predicted octanol–water partition coefficient (Wildman–Crippen LogP) is 1.36. The van der Waals surface area contributed by atoms with Crippen molar-refractivity contribution in [3.05, 3.63) is 24.3 Å². The van der Waals surface area contributed by atoms with Crippen LogP contribution in [0.15, 0.2) is 34.1 Å². The fraction of sp³-hybridized carbons (Fsp3) is 0.333. The number of sulfone groups is 1. The van der Waals surface area contributed by atoms with Crippen molar-refractivity contribution < 1.29 is 30.0 Å². The zero-order valence-corrected chi connectivity index (χ0v) is 12.2. The third-order valence-corrected chi connectivity index (χ3v) is 5.62. The molecule has 0 saturated heterocycles. The van der Waals surface area contributed by atoms with Crippen molar-refractivity contribution in [1.82, 2.24) is 0 Å². The molecule has 0 heterocycles. The molecule has 5 nitrogen and oxygen atoms in total. The van der Waals surface area contributed by atoms with Gasteiger partial charge in [-0.2, -0.15) is 13.2 Å². The highest BCUT2D eigenvalue weighted by atomic mass is 32.2. The van der Waals surface area contributed by atoms with Crippen molar-refractivity contribution in [1.29, 1.82) is 0 Å². The predicted molar refractivity (Wildman–Crippen MR) is 68.4 cm³/mol. The molecule has 0 bridgehead atoms. The van der Waals surface area contributed by atoms with Gasteiger partial charge in [-0.1, -0.05) is 0 Å². The largest absolute Gasteiger partial charge is 0.501 e. The van der Waals surface area contributed by atoms with Crippen LogP contribution >= 0.6 is 11.8 Å². The Balaban J connectivity index is 2.80. The lowest BCUT2D eigenvalue weighted by atomic mass is 10.4. The van der Waals surface area contributed by atoms with Gasteiger partial charge in [-0.25, -0.2) is 22.0 Å². The molecule has 11 heteroatoms. The lowest BCUT2D eigenvalue weighted by molar-refractivity contribution is -0.0436. The van der Waals surface area contributed by atoms with E-state index in [1.807, 2.05) is 0 Å². The Labute approximate surface area is 118 Å². The van der Waals surface area contributed by atoms with E-state index in [4.69, 9.17) is 5.14 Å². The van der Waals surface area contributed by atoms with E-state index in [1.54, 1.807) is 0 Å². The van der Waals surface area contributed by atoms with Crippen LogP contribution in [0.2, 0.25) is 0 Å². The summed E-state index contributed by atoms with van der Waals surface area (Å²) < 4.78 is 80.4. The summed E-state index contributed by atoms with van der Waals surface area (Å²) in [6.07, 6.45) is 0. The van der Waals surface area contributed by atoms with Crippen molar-refractivity contribution in [3.63, 3.8) is 0 Å². The molecule has 20 heavy (non-hydrogen) atoms. The fourth-order valence-electron chi connectivity index (χ4n) is 1.12. The number of rotatable bonds is 5. The maximum Gasteiger partial charge on any atom is 0.501 e. The van der Waals surface area contributed by atoms with E-state index in [0.29, 0.717) is 4.90 Å². The lowest BCUT2D eigenvalue weighted by Crippen LogP contribution is -2.23. The van der Waals surface area contributed by atoms with Gasteiger partial charge in [0.25, 0.3) is 9.84 Å². The van der Waals surface area contributed by atoms with Crippen LogP contribution in [-0.4, -0.2) is 33.8 Å². The van der Waals surface area contributed by atoms with Gasteiger partial charge >= 0.3 is 5.51 Å². The van der Waals surface area contributed by atoms with E-state index in [2.05, 4.69) is 0 Å². The minimum absolute atomic E-state index is 0.115. The Morgan fingerprint density at radius 2 is 1.55 bits per heavy atom. The molecule has 1 aromatic carbocycles. The molecule has 0 aliphatic rings. The first-order valence-electron chi connectivity index (χ1n) is 4.98. The second-order valence-corrected chi connectivity index (χ2v) is 8.48. The van der Waals surface area contributed by atoms with Crippen molar-refractivity contribution in [2.75, 3.05) is 11.5 Å². The summed E-state index contributed by atoms with van der Waals surface area (Å²) in [6, 6.07) is 3.99. The fourth-order valence-corrected chi connectivity index (χ4v) is 3.71. The van der Waals surface area contributed by atoms with Crippen LogP contribution in [0.4, 0.5) is 13.2 Å². The van der Waals surface area contributed by atoms with Gasteiger partial charge in [0.05, 0.1) is 10.6 Å². The number of alkyl halides is 3. The van der Waals surface area contributed by atoms with Crippen molar-refractivity contribution in [2.45, 2.75) is 15.3 Å². The average molecular weight is 349 g/mol. The van der Waals surface area contributed by atoms with Crippen molar-refractivity contribution in [3.8, 4) is 0 Å². The van der Waals surface area contributed by atoms with Gasteiger partial charge in [0.1, 0.15) is 0 Å². The third-order valence-electron chi connectivity index (χ3n) is 2.08. The van der Waals surface area contributed by atoms with E-state index >= 15 is 0 Å². The second-order valence-electron chi connectivity index (χ2n) is 3.64. The highest BCUT2D eigenvalue weighted by molar-refractivity contribution is 8.00. The number of halogens is 3. The SMILES string of the molecule is NS(=O)(=O)CCSc1ccc(S(=O)(=O)C(F)(F)F)cc1. The quantitative estimate of drug-likeness (QED) is 0.810. The monoisotopic (exact) mass is 349 g/mol. The van der Waals surface area contributed by atoms with Crippen LogP contribution in [0.25, 0.3) is 0 Å². The molecule has 0 aromatic heterocycles. The zero-order chi connectivity index (χ0) is 15.6. The zero-order valence-electron chi connectivity index (χ0n) is 9.79. The number of benzene rings is 1. The molecule has 0 unspecified atom stereocenters. The standard InChI is InChI=1S/C9H10F3NO4S3/c10-9(11,12)20(16,17)8-3-1-7(2-4-8)18-5-6-19(13,14)15/h1-4H,5-6H2,(H2,13,14,15). The maximum absolute atomic E-state index is 12.3. The summed E-state index contributed by atoms with van der Waals surface area (Å²) >= 11 is 1.04. The van der Waals surface area contributed by atoms with Gasteiger partial charge in [-0.3, -0.25) is 0 Å². The Kier molecular flexibility index (Phi) is 5.11. The molecule has 0 radical (unpaired) electrons. The summed E-state index contributed by atoms with van der Waals surface area (Å²) in [6.45, 7) is 0. The van der Waals surface area contributed by atoms with Gasteiger partial charge in [-0.05, 0) is 24.3 Å². The summed E-state index contributed by atoms with van der Waals surface area (Å²) in [5.41, 5.74) is -5.35. The van der Waals surface area contributed by atoms with Gasteiger partial charge < -0.3 is 0 Å². The summed E-state index contributed by atoms with van der Waals surface area (Å²) in [4.78, 5) is -0.421. The van der Waals surface area contributed by atoms with E-state index in [0.717, 1.165) is 23.9 Å². The Bertz CT molecular complexity index is 665. The highest BCUT2D eigenvalue weighted by Crippen LogP contribution is 2.31. The summed E-state index contributed by atoms with van der Waals surface area (Å²) in [5, 5.41) is 4.78. The first-order valence-corrected chi connectivity index (χ1v) is 9.16. The number of primary sulfonamides is 1. The van der Waals surface area contributed by atoms with Crippen LogP contribution in [0, 0.1) is 0 Å². The second kappa shape index (κ2) is 5.92. The smallest absolute Gasteiger partial charge is 0.229 e. The van der Waals surface area contributed by atoms with Crippen molar-refractivity contribution in [2.24, 2.45) is 5.14 Å². The van der Waals surface area contributed by atoms with E-state index < -0.39 is 30.3 Å². The molecule has 1 rings (SSSR count). The van der Waals surface area contributed by atoms with Crippen LogP contribution < -0.4 is 5.14 Å². The van der Waals surface area contributed by atoms with Crippen molar-refractivity contribution >= 4 is 31.6 Å². The number of nitrogens with two attached hydrogens (primary N) is 1. The summed E-state index contributed by atoms with van der Waals surface area (Å²) in [5.74, 6) is -0.176. The molecule has 0 amide bonds. The van der Waals surface area contributed by atoms with Gasteiger partial charge in [0.15, 0.2) is 0 Å². The molecule has 0 spiro atoms. The Hall–Kier alpha value is -0.780. The molecule has 0 aliphatic carbocycles. The Morgan fingerprint density at radius 1 is 1.05 bits per heavy atom. The van der Waals surface area contributed by atoms with Gasteiger partial charge in [0.2, 0.25) is 10.0 Å². The summed E-state index contributed by atoms with van der Waals surface area (Å²) in [7, 11) is -8.97. The van der Waals surface area contributed by atoms with Gasteiger partial charge in [-0.15, -0.1) is 11.8 Å². The molecule has 2 N–H and O–H groups in total. The first kappa shape index (κ1) is 17.3. The normalized spacial score (nSPS) is 13.4. The lowest BCUT2D eigenvalue weighted by Gasteiger charge is -2.08. The Morgan fingerprint density at radius 3 is 1.95 bits per heavy atom. The molecule has 114 valence electrons. The van der Waals surface area contributed by atoms with Crippen LogP contribution in [0.3, 0.4) is 0 Å². The highest BCUT2D eigenvalue weighted by Gasteiger charge is 2.46. The number of thioether (sulfide) groups is 1. The third kappa shape index (κ3) is 4.65. The average Bonchev–Trinajstić information content (AvgIpc) is 2.26.